The molecule has 1 aromatic rings. The summed E-state index contributed by atoms with van der Waals surface area (Å²) in [6, 6.07) is 1.93. The predicted octanol–water partition coefficient (Wildman–Crippen LogP) is 0.284. The van der Waals surface area contributed by atoms with Crippen LogP contribution in [0.2, 0.25) is 0 Å². The zero-order valence-corrected chi connectivity index (χ0v) is 9.74. The highest BCUT2D eigenvalue weighted by molar-refractivity contribution is 5.95. The van der Waals surface area contributed by atoms with Crippen molar-refractivity contribution in [3.63, 3.8) is 0 Å². The van der Waals surface area contributed by atoms with Gasteiger partial charge < -0.3 is 20.9 Å². The molecule has 0 radical (unpaired) electrons. The van der Waals surface area contributed by atoms with Crippen molar-refractivity contribution in [3.8, 4) is 0 Å². The summed E-state index contributed by atoms with van der Waals surface area (Å²) in [5, 5.41) is 11.5. The number of carbonyl (C=O) groups excluding carboxylic acids is 1. The number of nitrogen functional groups attached to an aromatic ring is 1. The second-order valence-electron chi connectivity index (χ2n) is 3.64. The molecule has 0 aliphatic heterocycles. The summed E-state index contributed by atoms with van der Waals surface area (Å²) in [5.74, 6) is -3.11. The first-order valence-electron chi connectivity index (χ1n) is 5.16. The van der Waals surface area contributed by atoms with E-state index < -0.39 is 29.2 Å². The van der Waals surface area contributed by atoms with E-state index in [0.29, 0.717) is 0 Å². The van der Waals surface area contributed by atoms with Gasteiger partial charge in [-0.2, -0.15) is 0 Å². The first-order valence-corrected chi connectivity index (χ1v) is 5.16. The number of hydrogen-bond acceptors (Lipinski definition) is 4. The lowest BCUT2D eigenvalue weighted by Crippen LogP contribution is -2.35. The number of nitrogens with one attached hydrogen (secondary N) is 1. The number of carbonyl (C=O) groups is 1. The van der Waals surface area contributed by atoms with Gasteiger partial charge >= 0.3 is 0 Å². The van der Waals surface area contributed by atoms with Crippen LogP contribution in [0.4, 0.5) is 14.5 Å². The molecule has 0 fully saturated rings. The number of halogens is 2. The van der Waals surface area contributed by atoms with E-state index >= 15 is 0 Å². The Morgan fingerprint density at radius 3 is 2.83 bits per heavy atom. The normalized spacial score (nSPS) is 12.2. The van der Waals surface area contributed by atoms with Crippen LogP contribution in [-0.4, -0.2) is 37.4 Å². The summed E-state index contributed by atoms with van der Waals surface area (Å²) >= 11 is 0. The molecule has 0 heterocycles. The Labute approximate surface area is 103 Å². The van der Waals surface area contributed by atoms with Crippen molar-refractivity contribution in [1.82, 2.24) is 5.32 Å². The fourth-order valence-electron chi connectivity index (χ4n) is 1.33. The third-order valence-electron chi connectivity index (χ3n) is 2.21. The quantitative estimate of drug-likeness (QED) is 0.664. The molecule has 0 spiro atoms. The number of rotatable bonds is 5. The molecule has 1 rings (SSSR count). The van der Waals surface area contributed by atoms with Crippen molar-refractivity contribution in [3.05, 3.63) is 29.3 Å². The standard InChI is InChI=1S/C11H14F2N2O3/c1-18-5-6(16)4-15-11(17)9-7(12)2-3-8(14)10(9)13/h2-3,6,16H,4-5,14H2,1H3,(H,15,17). The van der Waals surface area contributed by atoms with Gasteiger partial charge in [0.15, 0.2) is 5.82 Å². The summed E-state index contributed by atoms with van der Waals surface area (Å²) in [7, 11) is 1.38. The number of ether oxygens (including phenoxy) is 1. The van der Waals surface area contributed by atoms with Crippen LogP contribution in [0.25, 0.3) is 0 Å². The molecule has 1 aromatic carbocycles. The van der Waals surface area contributed by atoms with Crippen LogP contribution in [0, 0.1) is 11.6 Å². The number of benzene rings is 1. The van der Waals surface area contributed by atoms with E-state index in [2.05, 4.69) is 10.1 Å². The molecular weight excluding hydrogens is 246 g/mol. The number of methoxy groups -OCH3 is 1. The Morgan fingerprint density at radius 2 is 2.22 bits per heavy atom. The number of aliphatic hydroxyl groups excluding tert-OH is 1. The van der Waals surface area contributed by atoms with E-state index in [1.165, 1.54) is 7.11 Å². The van der Waals surface area contributed by atoms with Crippen molar-refractivity contribution in [2.75, 3.05) is 26.0 Å². The molecular formula is C11H14F2N2O3. The van der Waals surface area contributed by atoms with Crippen molar-refractivity contribution >= 4 is 11.6 Å². The van der Waals surface area contributed by atoms with Crippen LogP contribution in [0.1, 0.15) is 10.4 Å². The highest BCUT2D eigenvalue weighted by Gasteiger charge is 2.19. The topological polar surface area (TPSA) is 84.6 Å². The molecule has 1 amide bonds. The highest BCUT2D eigenvalue weighted by atomic mass is 19.1. The van der Waals surface area contributed by atoms with Gasteiger partial charge in [-0.1, -0.05) is 0 Å². The Kier molecular flexibility index (Phi) is 4.99. The van der Waals surface area contributed by atoms with Crippen molar-refractivity contribution < 1.29 is 23.4 Å². The molecule has 0 saturated carbocycles. The van der Waals surface area contributed by atoms with Crippen LogP contribution < -0.4 is 11.1 Å². The average Bonchev–Trinajstić information content (AvgIpc) is 2.32. The Morgan fingerprint density at radius 1 is 1.56 bits per heavy atom. The second-order valence-corrected chi connectivity index (χ2v) is 3.64. The van der Waals surface area contributed by atoms with Gasteiger partial charge in [-0.15, -0.1) is 0 Å². The zero-order valence-electron chi connectivity index (χ0n) is 9.74. The third-order valence-corrected chi connectivity index (χ3v) is 2.21. The fraction of sp³-hybridized carbons (Fsp3) is 0.364. The highest BCUT2D eigenvalue weighted by Crippen LogP contribution is 2.18. The largest absolute Gasteiger partial charge is 0.396 e. The van der Waals surface area contributed by atoms with E-state index in [4.69, 9.17) is 5.73 Å². The molecule has 1 unspecified atom stereocenters. The molecule has 4 N–H and O–H groups in total. The van der Waals surface area contributed by atoms with Crippen LogP contribution in [0.15, 0.2) is 12.1 Å². The number of hydrogen-bond donors (Lipinski definition) is 3. The minimum Gasteiger partial charge on any atom is -0.396 e. The van der Waals surface area contributed by atoms with Gasteiger partial charge in [0.1, 0.15) is 11.4 Å². The number of aliphatic hydroxyl groups is 1. The average molecular weight is 260 g/mol. The number of nitrogens with two attached hydrogens (primary N) is 1. The van der Waals surface area contributed by atoms with Gasteiger partial charge in [0.2, 0.25) is 0 Å². The molecule has 0 bridgehead atoms. The van der Waals surface area contributed by atoms with E-state index in [-0.39, 0.29) is 18.8 Å². The molecule has 0 aliphatic carbocycles. The zero-order chi connectivity index (χ0) is 13.7. The van der Waals surface area contributed by atoms with Crippen LogP contribution in [0.5, 0.6) is 0 Å². The van der Waals surface area contributed by atoms with E-state index in [1.54, 1.807) is 0 Å². The van der Waals surface area contributed by atoms with E-state index in [1.807, 2.05) is 0 Å². The lowest BCUT2D eigenvalue weighted by Gasteiger charge is -2.12. The van der Waals surface area contributed by atoms with Crippen molar-refractivity contribution in [1.29, 1.82) is 0 Å². The Balaban J connectivity index is 2.76. The van der Waals surface area contributed by atoms with Crippen LogP contribution in [0.3, 0.4) is 0 Å². The third kappa shape index (κ3) is 3.38. The minimum absolute atomic E-state index is 0.00216. The smallest absolute Gasteiger partial charge is 0.257 e. The maximum atomic E-state index is 13.5. The number of amides is 1. The Hall–Kier alpha value is -1.73. The van der Waals surface area contributed by atoms with Crippen LogP contribution in [-0.2, 0) is 4.74 Å². The lowest BCUT2D eigenvalue weighted by atomic mass is 10.1. The second kappa shape index (κ2) is 6.27. The summed E-state index contributed by atoms with van der Waals surface area (Å²) in [6.07, 6.45) is -0.953. The summed E-state index contributed by atoms with van der Waals surface area (Å²) < 4.78 is 31.4. The SMILES string of the molecule is COCC(O)CNC(=O)c1c(F)ccc(N)c1F. The first-order chi connectivity index (χ1) is 8.47. The molecule has 5 nitrogen and oxygen atoms in total. The van der Waals surface area contributed by atoms with Gasteiger partial charge in [0.25, 0.3) is 5.91 Å². The van der Waals surface area contributed by atoms with E-state index in [9.17, 15) is 18.7 Å². The molecule has 1 atom stereocenters. The summed E-state index contributed by atoms with van der Waals surface area (Å²) in [6.45, 7) is -0.178. The maximum absolute atomic E-state index is 13.5. The fourth-order valence-corrected chi connectivity index (χ4v) is 1.33. The monoisotopic (exact) mass is 260 g/mol. The van der Waals surface area contributed by atoms with Crippen molar-refractivity contribution in [2.45, 2.75) is 6.10 Å². The van der Waals surface area contributed by atoms with E-state index in [0.717, 1.165) is 12.1 Å². The first kappa shape index (κ1) is 14.3. The van der Waals surface area contributed by atoms with Crippen molar-refractivity contribution in [2.24, 2.45) is 0 Å². The van der Waals surface area contributed by atoms with Gasteiger partial charge in [-0.3, -0.25) is 4.79 Å². The van der Waals surface area contributed by atoms with Gasteiger partial charge in [-0.25, -0.2) is 8.78 Å². The Bertz CT molecular complexity index is 441. The molecule has 0 aromatic heterocycles. The molecule has 7 heteroatoms. The molecule has 0 aliphatic rings. The minimum atomic E-state index is -1.12. The maximum Gasteiger partial charge on any atom is 0.257 e. The molecule has 100 valence electrons. The summed E-state index contributed by atoms with van der Waals surface area (Å²) in [4.78, 5) is 11.5. The van der Waals surface area contributed by atoms with Crippen LogP contribution >= 0.6 is 0 Å². The van der Waals surface area contributed by atoms with Gasteiger partial charge in [0, 0.05) is 13.7 Å². The lowest BCUT2D eigenvalue weighted by molar-refractivity contribution is 0.0608. The van der Waals surface area contributed by atoms with Gasteiger partial charge in [0.05, 0.1) is 18.4 Å². The summed E-state index contributed by atoms with van der Waals surface area (Å²) in [5.41, 5.74) is 4.16. The predicted molar refractivity (Wildman–Crippen MR) is 61.0 cm³/mol. The molecule has 18 heavy (non-hydrogen) atoms. The van der Waals surface area contributed by atoms with Gasteiger partial charge in [-0.05, 0) is 12.1 Å². The number of anilines is 1. The molecule has 0 saturated heterocycles.